The lowest BCUT2D eigenvalue weighted by molar-refractivity contribution is -0.117. The molecule has 2 aromatic carbocycles. The molecule has 3 nitrogen and oxygen atoms in total. The van der Waals surface area contributed by atoms with Crippen LogP contribution in [0.4, 0.5) is 5.69 Å². The van der Waals surface area contributed by atoms with Gasteiger partial charge in [0.2, 0.25) is 5.91 Å². The fraction of sp³-hybridized carbons (Fsp3) is 0.133. The van der Waals surface area contributed by atoms with E-state index in [1.54, 1.807) is 0 Å². The second-order valence-electron chi connectivity index (χ2n) is 4.43. The number of carbonyl (C=O) groups is 1. The molecule has 1 atom stereocenters. The lowest BCUT2D eigenvalue weighted by Crippen LogP contribution is -2.27. The topological polar surface area (TPSA) is 55.1 Å². The fourth-order valence-electron chi connectivity index (χ4n) is 1.92. The van der Waals surface area contributed by atoms with E-state index >= 15 is 0 Å². The number of nitrogens with two attached hydrogens (primary N) is 1. The van der Waals surface area contributed by atoms with Crippen LogP contribution in [0.3, 0.4) is 0 Å². The third-order valence-electron chi connectivity index (χ3n) is 3.02. The van der Waals surface area contributed by atoms with Gasteiger partial charge in [0.15, 0.2) is 0 Å². The van der Waals surface area contributed by atoms with Gasteiger partial charge in [-0.1, -0.05) is 65.1 Å². The van der Waals surface area contributed by atoms with Crippen LogP contribution in [-0.2, 0) is 4.79 Å². The van der Waals surface area contributed by atoms with Gasteiger partial charge in [-0.25, -0.2) is 0 Å². The highest BCUT2D eigenvalue weighted by molar-refractivity contribution is 6.44. The molecule has 0 bridgehead atoms. The molecule has 0 saturated carbocycles. The van der Waals surface area contributed by atoms with E-state index in [9.17, 15) is 4.79 Å². The number of benzene rings is 2. The average molecular weight is 344 g/mol. The van der Waals surface area contributed by atoms with E-state index in [-0.39, 0.29) is 12.5 Å². The zero-order valence-corrected chi connectivity index (χ0v) is 13.2. The van der Waals surface area contributed by atoms with Crippen LogP contribution in [0.15, 0.2) is 42.5 Å². The van der Waals surface area contributed by atoms with Crippen molar-refractivity contribution in [3.8, 4) is 0 Å². The van der Waals surface area contributed by atoms with Gasteiger partial charge in [-0.05, 0) is 17.7 Å². The van der Waals surface area contributed by atoms with Crippen LogP contribution in [-0.4, -0.2) is 12.5 Å². The Labute approximate surface area is 138 Å². The van der Waals surface area contributed by atoms with E-state index in [4.69, 9.17) is 40.5 Å². The number of amides is 1. The second kappa shape index (κ2) is 7.14. The number of halogens is 3. The molecular weight excluding hydrogens is 331 g/mol. The molecule has 0 radical (unpaired) electrons. The highest BCUT2D eigenvalue weighted by Crippen LogP contribution is 2.32. The van der Waals surface area contributed by atoms with Crippen molar-refractivity contribution >= 4 is 46.4 Å². The summed E-state index contributed by atoms with van der Waals surface area (Å²) < 4.78 is 0. The van der Waals surface area contributed by atoms with Gasteiger partial charge >= 0.3 is 0 Å². The van der Waals surface area contributed by atoms with E-state index < -0.39 is 5.92 Å². The molecule has 2 rings (SSSR count). The maximum atomic E-state index is 12.4. The summed E-state index contributed by atoms with van der Waals surface area (Å²) in [5.41, 5.74) is 6.96. The Bertz CT molecular complexity index is 647. The largest absolute Gasteiger partial charge is 0.329 e. The van der Waals surface area contributed by atoms with Crippen LogP contribution in [0, 0.1) is 0 Å². The summed E-state index contributed by atoms with van der Waals surface area (Å²) in [4.78, 5) is 12.4. The number of nitrogens with one attached hydrogen (secondary N) is 1. The maximum absolute atomic E-state index is 12.4. The Balaban J connectivity index is 2.23. The summed E-state index contributed by atoms with van der Waals surface area (Å²) in [6, 6.07) is 12.3. The molecule has 0 aliphatic heterocycles. The van der Waals surface area contributed by atoms with Gasteiger partial charge in [-0.3, -0.25) is 4.79 Å². The number of anilines is 1. The van der Waals surface area contributed by atoms with Gasteiger partial charge in [0.1, 0.15) is 0 Å². The number of hydrogen-bond donors (Lipinski definition) is 2. The predicted octanol–water partition coefficient (Wildman–Crippen LogP) is 4.33. The molecule has 1 unspecified atom stereocenters. The molecule has 2 aromatic rings. The molecule has 1 amide bonds. The molecule has 3 N–H and O–H groups in total. The Morgan fingerprint density at radius 2 is 1.67 bits per heavy atom. The van der Waals surface area contributed by atoms with Crippen LogP contribution in [0.1, 0.15) is 11.5 Å². The quantitative estimate of drug-likeness (QED) is 0.812. The molecular formula is C15H13Cl3N2O. The maximum Gasteiger partial charge on any atom is 0.233 e. The van der Waals surface area contributed by atoms with Crippen molar-refractivity contribution in [2.75, 3.05) is 11.9 Å². The first-order valence-corrected chi connectivity index (χ1v) is 7.36. The van der Waals surface area contributed by atoms with Crippen LogP contribution < -0.4 is 11.1 Å². The monoisotopic (exact) mass is 342 g/mol. The summed E-state index contributed by atoms with van der Waals surface area (Å²) in [6.45, 7) is 0.189. The SMILES string of the molecule is NCC(C(=O)Nc1cc(Cl)c(Cl)cc1Cl)c1ccccc1. The van der Waals surface area contributed by atoms with E-state index in [0.29, 0.717) is 20.8 Å². The highest BCUT2D eigenvalue weighted by atomic mass is 35.5. The van der Waals surface area contributed by atoms with E-state index in [2.05, 4.69) is 5.32 Å². The summed E-state index contributed by atoms with van der Waals surface area (Å²) >= 11 is 17.8. The van der Waals surface area contributed by atoms with Crippen LogP contribution in [0.25, 0.3) is 0 Å². The lowest BCUT2D eigenvalue weighted by atomic mass is 9.98. The third-order valence-corrected chi connectivity index (χ3v) is 4.06. The summed E-state index contributed by atoms with van der Waals surface area (Å²) in [5, 5.41) is 3.71. The van der Waals surface area contributed by atoms with Crippen molar-refractivity contribution in [1.82, 2.24) is 0 Å². The van der Waals surface area contributed by atoms with Crippen molar-refractivity contribution in [2.24, 2.45) is 5.73 Å². The average Bonchev–Trinajstić information content (AvgIpc) is 2.46. The first-order chi connectivity index (χ1) is 10.0. The Morgan fingerprint density at radius 1 is 1.05 bits per heavy atom. The molecule has 0 aliphatic rings. The number of carbonyl (C=O) groups excluding carboxylic acids is 1. The first kappa shape index (κ1) is 16.1. The molecule has 0 aromatic heterocycles. The van der Waals surface area contributed by atoms with Crippen molar-refractivity contribution in [2.45, 2.75) is 5.92 Å². The molecule has 21 heavy (non-hydrogen) atoms. The smallest absolute Gasteiger partial charge is 0.233 e. The summed E-state index contributed by atoms with van der Waals surface area (Å²) in [7, 11) is 0. The van der Waals surface area contributed by atoms with Crippen molar-refractivity contribution in [3.05, 3.63) is 63.1 Å². The summed E-state index contributed by atoms with van der Waals surface area (Å²) in [5.74, 6) is -0.708. The third kappa shape index (κ3) is 3.89. The standard InChI is InChI=1S/C15H13Cl3N2O/c16-11-6-13(18)14(7-12(11)17)20-15(21)10(8-19)9-4-2-1-3-5-9/h1-7,10H,8,19H2,(H,20,21). The molecule has 0 heterocycles. The Hall–Kier alpha value is -1.26. The number of hydrogen-bond acceptors (Lipinski definition) is 2. The van der Waals surface area contributed by atoms with Gasteiger partial charge in [0, 0.05) is 6.54 Å². The van der Waals surface area contributed by atoms with Crippen LogP contribution in [0.5, 0.6) is 0 Å². The molecule has 110 valence electrons. The van der Waals surface area contributed by atoms with Gasteiger partial charge < -0.3 is 11.1 Å². The van der Waals surface area contributed by atoms with E-state index in [0.717, 1.165) is 5.56 Å². The molecule has 0 spiro atoms. The Kier molecular flexibility index (Phi) is 5.48. The molecule has 0 aliphatic carbocycles. The zero-order valence-electron chi connectivity index (χ0n) is 10.9. The van der Waals surface area contributed by atoms with Crippen LogP contribution in [0.2, 0.25) is 15.1 Å². The molecule has 0 fully saturated rings. The van der Waals surface area contributed by atoms with Gasteiger partial charge in [-0.2, -0.15) is 0 Å². The summed E-state index contributed by atoms with van der Waals surface area (Å²) in [6.07, 6.45) is 0. The van der Waals surface area contributed by atoms with E-state index in [1.165, 1.54) is 12.1 Å². The minimum Gasteiger partial charge on any atom is -0.329 e. The van der Waals surface area contributed by atoms with E-state index in [1.807, 2.05) is 30.3 Å². The van der Waals surface area contributed by atoms with Crippen molar-refractivity contribution in [1.29, 1.82) is 0 Å². The molecule has 0 saturated heterocycles. The van der Waals surface area contributed by atoms with Gasteiger partial charge in [-0.15, -0.1) is 0 Å². The van der Waals surface area contributed by atoms with Crippen LogP contribution >= 0.6 is 34.8 Å². The predicted molar refractivity (Wildman–Crippen MR) is 88.3 cm³/mol. The normalized spacial score (nSPS) is 12.0. The lowest BCUT2D eigenvalue weighted by Gasteiger charge is -2.16. The van der Waals surface area contributed by atoms with Gasteiger partial charge in [0.25, 0.3) is 0 Å². The van der Waals surface area contributed by atoms with Gasteiger partial charge in [0.05, 0.1) is 26.7 Å². The molecule has 6 heteroatoms. The fourth-order valence-corrected chi connectivity index (χ4v) is 2.51. The first-order valence-electron chi connectivity index (χ1n) is 6.23. The van der Waals surface area contributed by atoms with Crippen molar-refractivity contribution in [3.63, 3.8) is 0 Å². The number of rotatable bonds is 4. The Morgan fingerprint density at radius 3 is 2.29 bits per heavy atom. The van der Waals surface area contributed by atoms with Crippen molar-refractivity contribution < 1.29 is 4.79 Å². The minimum atomic E-state index is -0.461. The minimum absolute atomic E-state index is 0.189. The second-order valence-corrected chi connectivity index (χ2v) is 5.66. The zero-order chi connectivity index (χ0) is 15.4. The highest BCUT2D eigenvalue weighted by Gasteiger charge is 2.20.